The second kappa shape index (κ2) is 9.44. The predicted molar refractivity (Wildman–Crippen MR) is 133 cm³/mol. The maximum Gasteiger partial charge on any atom is 0.128 e. The van der Waals surface area contributed by atoms with Gasteiger partial charge in [-0.05, 0) is 80.7 Å². The van der Waals surface area contributed by atoms with Crippen LogP contribution >= 0.6 is 0 Å². The van der Waals surface area contributed by atoms with E-state index in [1.54, 1.807) is 0 Å². The quantitative estimate of drug-likeness (QED) is 0.316. The van der Waals surface area contributed by atoms with Crippen LogP contribution in [0.15, 0.2) is 60.9 Å². The number of nitrogens with one attached hydrogen (secondary N) is 4. The number of aromatic amines is 2. The van der Waals surface area contributed by atoms with Crippen molar-refractivity contribution in [3.05, 3.63) is 72.6 Å². The number of benzene rings is 2. The Morgan fingerprint density at radius 3 is 2.44 bits per heavy atom. The average Bonchev–Trinajstić information content (AvgIpc) is 3.68. The van der Waals surface area contributed by atoms with E-state index in [1.807, 2.05) is 42.7 Å². The van der Waals surface area contributed by atoms with Gasteiger partial charge in [0.05, 0.1) is 29.8 Å². The molecule has 4 N–H and O–H groups in total. The van der Waals surface area contributed by atoms with Gasteiger partial charge in [0.25, 0.3) is 0 Å². The summed E-state index contributed by atoms with van der Waals surface area (Å²) in [4.78, 5) is 16.1. The third-order valence-electron chi connectivity index (χ3n) is 6.76. The van der Waals surface area contributed by atoms with E-state index in [-0.39, 0.29) is 0 Å². The number of ether oxygens (including phenoxy) is 1. The molecule has 2 aromatic carbocycles. The number of imidazole rings is 2. The third-order valence-corrected chi connectivity index (χ3v) is 6.76. The molecule has 7 nitrogen and oxygen atoms in total. The molecule has 2 saturated heterocycles. The van der Waals surface area contributed by atoms with Crippen molar-refractivity contribution in [1.82, 2.24) is 30.6 Å². The van der Waals surface area contributed by atoms with Crippen molar-refractivity contribution in [2.45, 2.75) is 44.2 Å². The molecule has 0 amide bonds. The SMILES string of the molecule is c1cc(Oc2ccc(-c3cnc(C[C@@H]4CCCN4)[nH]3)cc2)cc(-c2cnc([C@@H]3CCCN3)[nH]2)c1. The molecule has 2 fully saturated rings. The smallest absolute Gasteiger partial charge is 0.128 e. The number of hydrogen-bond donors (Lipinski definition) is 4. The van der Waals surface area contributed by atoms with E-state index in [0.717, 1.165) is 71.6 Å². The predicted octanol–water partition coefficient (Wildman–Crippen LogP) is 4.98. The van der Waals surface area contributed by atoms with Gasteiger partial charge in [0.15, 0.2) is 0 Å². The normalized spacial score (nSPS) is 20.1. The van der Waals surface area contributed by atoms with Crippen LogP contribution in [0.2, 0.25) is 0 Å². The molecule has 0 radical (unpaired) electrons. The minimum Gasteiger partial charge on any atom is -0.457 e. The maximum absolute atomic E-state index is 6.15. The van der Waals surface area contributed by atoms with Crippen molar-refractivity contribution in [1.29, 1.82) is 0 Å². The number of aromatic nitrogens is 4. The van der Waals surface area contributed by atoms with Gasteiger partial charge in [-0.2, -0.15) is 0 Å². The molecule has 6 rings (SSSR count). The van der Waals surface area contributed by atoms with Gasteiger partial charge in [0.2, 0.25) is 0 Å². The highest BCUT2D eigenvalue weighted by Gasteiger charge is 2.19. The average molecular weight is 455 g/mol. The van der Waals surface area contributed by atoms with Crippen molar-refractivity contribution in [2.75, 3.05) is 13.1 Å². The first kappa shape index (κ1) is 21.1. The van der Waals surface area contributed by atoms with Gasteiger partial charge < -0.3 is 25.3 Å². The lowest BCUT2D eigenvalue weighted by Crippen LogP contribution is -2.24. The first-order valence-electron chi connectivity index (χ1n) is 12.2. The van der Waals surface area contributed by atoms with Crippen LogP contribution in [0, 0.1) is 0 Å². The monoisotopic (exact) mass is 454 g/mol. The topological polar surface area (TPSA) is 90.7 Å². The van der Waals surface area contributed by atoms with Crippen molar-refractivity contribution < 1.29 is 4.74 Å². The first-order valence-corrected chi connectivity index (χ1v) is 12.2. The second-order valence-electron chi connectivity index (χ2n) is 9.23. The zero-order valence-electron chi connectivity index (χ0n) is 19.2. The molecular weight excluding hydrogens is 424 g/mol. The van der Waals surface area contributed by atoms with Crippen molar-refractivity contribution in [3.63, 3.8) is 0 Å². The lowest BCUT2D eigenvalue weighted by molar-refractivity contribution is 0.483. The van der Waals surface area contributed by atoms with E-state index in [2.05, 4.69) is 48.8 Å². The Morgan fingerprint density at radius 1 is 0.794 bits per heavy atom. The molecule has 0 bridgehead atoms. The van der Waals surface area contributed by atoms with E-state index >= 15 is 0 Å². The molecular formula is C27H30N6O. The molecule has 4 heterocycles. The van der Waals surface area contributed by atoms with Gasteiger partial charge in [0, 0.05) is 18.0 Å². The van der Waals surface area contributed by atoms with E-state index in [1.165, 1.54) is 19.3 Å². The largest absolute Gasteiger partial charge is 0.457 e. The summed E-state index contributed by atoms with van der Waals surface area (Å²) in [5.41, 5.74) is 4.21. The Labute approximate surface area is 199 Å². The van der Waals surface area contributed by atoms with E-state index < -0.39 is 0 Å². The fourth-order valence-corrected chi connectivity index (χ4v) is 4.92. The standard InChI is InChI=1S/C27H30N6O/c1-4-19(25-17-31-27(33-25)23-7-3-13-29-23)14-22(6-1)34-21-10-8-18(9-11-21)24-16-30-26(32-24)15-20-5-2-12-28-20/h1,4,6,8-11,14,16-17,20,23,28-29H,2-3,5,7,12-13,15H2,(H,30,32)(H,31,33)/t20-,23-/m0/s1. The Balaban J connectivity index is 1.12. The highest BCUT2D eigenvalue weighted by Crippen LogP contribution is 2.29. The van der Waals surface area contributed by atoms with Crippen LogP contribution in [-0.4, -0.2) is 39.1 Å². The van der Waals surface area contributed by atoms with Gasteiger partial charge in [-0.1, -0.05) is 12.1 Å². The molecule has 0 aliphatic carbocycles. The molecule has 2 aliphatic heterocycles. The minimum absolute atomic E-state index is 0.331. The fraction of sp³-hybridized carbons (Fsp3) is 0.333. The summed E-state index contributed by atoms with van der Waals surface area (Å²) >= 11 is 0. The maximum atomic E-state index is 6.15. The van der Waals surface area contributed by atoms with E-state index in [0.29, 0.717) is 12.1 Å². The Kier molecular flexibility index (Phi) is 5.87. The van der Waals surface area contributed by atoms with Gasteiger partial charge in [-0.15, -0.1) is 0 Å². The molecule has 0 unspecified atom stereocenters. The van der Waals surface area contributed by atoms with Crippen molar-refractivity contribution in [2.24, 2.45) is 0 Å². The Hall–Kier alpha value is -3.42. The van der Waals surface area contributed by atoms with Crippen LogP contribution < -0.4 is 15.4 Å². The van der Waals surface area contributed by atoms with Crippen LogP contribution in [0.4, 0.5) is 0 Å². The van der Waals surface area contributed by atoms with Crippen LogP contribution in [0.3, 0.4) is 0 Å². The molecule has 2 aromatic heterocycles. The molecule has 34 heavy (non-hydrogen) atoms. The van der Waals surface area contributed by atoms with E-state index in [4.69, 9.17) is 4.74 Å². The van der Waals surface area contributed by atoms with Crippen LogP contribution in [-0.2, 0) is 6.42 Å². The van der Waals surface area contributed by atoms with E-state index in [9.17, 15) is 0 Å². The second-order valence-corrected chi connectivity index (χ2v) is 9.23. The summed E-state index contributed by atoms with van der Waals surface area (Å²) in [6.07, 6.45) is 9.58. The van der Waals surface area contributed by atoms with Gasteiger partial charge in [-0.25, -0.2) is 9.97 Å². The van der Waals surface area contributed by atoms with Crippen LogP contribution in [0.1, 0.15) is 43.4 Å². The number of nitrogens with zero attached hydrogens (tertiary/aromatic N) is 2. The first-order chi connectivity index (χ1) is 16.8. The molecule has 4 aromatic rings. The van der Waals surface area contributed by atoms with Crippen LogP contribution in [0.5, 0.6) is 11.5 Å². The zero-order valence-corrected chi connectivity index (χ0v) is 19.2. The van der Waals surface area contributed by atoms with Gasteiger partial charge in [0.1, 0.15) is 23.1 Å². The molecule has 2 atom stereocenters. The van der Waals surface area contributed by atoms with Crippen molar-refractivity contribution >= 4 is 0 Å². The Bertz CT molecular complexity index is 1230. The summed E-state index contributed by atoms with van der Waals surface area (Å²) in [5, 5.41) is 7.02. The summed E-state index contributed by atoms with van der Waals surface area (Å²) in [6.45, 7) is 2.17. The number of H-pyrrole nitrogens is 2. The highest BCUT2D eigenvalue weighted by molar-refractivity contribution is 5.62. The molecule has 174 valence electrons. The van der Waals surface area contributed by atoms with Gasteiger partial charge >= 0.3 is 0 Å². The summed E-state index contributed by atoms with van der Waals surface area (Å²) in [5.74, 6) is 3.65. The van der Waals surface area contributed by atoms with Gasteiger partial charge in [-0.3, -0.25) is 0 Å². The number of rotatable bonds is 7. The molecule has 0 saturated carbocycles. The lowest BCUT2D eigenvalue weighted by Gasteiger charge is -2.09. The molecule has 2 aliphatic rings. The molecule has 7 heteroatoms. The summed E-state index contributed by atoms with van der Waals surface area (Å²) in [6, 6.07) is 17.1. The molecule has 0 spiro atoms. The zero-order chi connectivity index (χ0) is 22.7. The third kappa shape index (κ3) is 4.62. The minimum atomic E-state index is 0.331. The summed E-state index contributed by atoms with van der Waals surface area (Å²) in [7, 11) is 0. The lowest BCUT2D eigenvalue weighted by atomic mass is 10.1. The van der Waals surface area contributed by atoms with Crippen molar-refractivity contribution in [3.8, 4) is 34.0 Å². The fourth-order valence-electron chi connectivity index (χ4n) is 4.92. The number of hydrogen-bond acceptors (Lipinski definition) is 5. The van der Waals surface area contributed by atoms with Crippen LogP contribution in [0.25, 0.3) is 22.5 Å². The Morgan fingerprint density at radius 2 is 1.62 bits per heavy atom. The highest BCUT2D eigenvalue weighted by atomic mass is 16.5. The summed E-state index contributed by atoms with van der Waals surface area (Å²) < 4.78 is 6.15.